The van der Waals surface area contributed by atoms with Crippen molar-refractivity contribution in [3.8, 4) is 11.5 Å². The number of aryl methyl sites for hydroxylation is 6. The topological polar surface area (TPSA) is 40.5 Å². The van der Waals surface area contributed by atoms with E-state index < -0.39 is 0 Å². The second-order valence-electron chi connectivity index (χ2n) is 9.42. The molecule has 0 aromatic heterocycles. The molecule has 0 amide bonds. The zero-order valence-electron chi connectivity index (χ0n) is 21.7. The Bertz CT molecular complexity index is 1050. The molecular formula is C32H42O2. The Balaban J connectivity index is 1.77. The molecule has 0 saturated carbocycles. The van der Waals surface area contributed by atoms with Crippen molar-refractivity contribution in [1.82, 2.24) is 0 Å². The van der Waals surface area contributed by atoms with Crippen molar-refractivity contribution in [3.63, 3.8) is 0 Å². The Labute approximate surface area is 206 Å². The third kappa shape index (κ3) is 5.84. The Morgan fingerprint density at radius 3 is 1.59 bits per heavy atom. The van der Waals surface area contributed by atoms with E-state index >= 15 is 0 Å². The third-order valence-corrected chi connectivity index (χ3v) is 7.24. The van der Waals surface area contributed by atoms with Crippen LogP contribution in [-0.2, 0) is 38.5 Å². The van der Waals surface area contributed by atoms with Crippen LogP contribution in [0.2, 0.25) is 0 Å². The average Bonchev–Trinajstić information content (AvgIpc) is 2.86. The van der Waals surface area contributed by atoms with E-state index in [0.717, 1.165) is 73.6 Å². The maximum absolute atomic E-state index is 10.5. The summed E-state index contributed by atoms with van der Waals surface area (Å²) in [5, 5.41) is 20.9. The first-order chi connectivity index (χ1) is 16.4. The third-order valence-electron chi connectivity index (χ3n) is 7.24. The highest BCUT2D eigenvalue weighted by Crippen LogP contribution is 2.34. The molecule has 2 N–H and O–H groups in total. The van der Waals surface area contributed by atoms with Gasteiger partial charge in [0.15, 0.2) is 0 Å². The van der Waals surface area contributed by atoms with Crippen LogP contribution in [0.1, 0.15) is 97.9 Å². The molecule has 0 radical (unpaired) electrons. The van der Waals surface area contributed by atoms with E-state index in [0.29, 0.717) is 17.4 Å². The van der Waals surface area contributed by atoms with Gasteiger partial charge in [-0.25, -0.2) is 0 Å². The van der Waals surface area contributed by atoms with Gasteiger partial charge in [-0.2, -0.15) is 0 Å². The monoisotopic (exact) mass is 458 g/mol. The number of hydrogen-bond acceptors (Lipinski definition) is 2. The summed E-state index contributed by atoms with van der Waals surface area (Å²) >= 11 is 0. The van der Waals surface area contributed by atoms with Crippen LogP contribution < -0.4 is 0 Å². The molecule has 3 aromatic carbocycles. The summed E-state index contributed by atoms with van der Waals surface area (Å²) in [6.07, 6.45) is 7.63. The molecule has 3 aromatic rings. The molecule has 2 nitrogen and oxygen atoms in total. The summed E-state index contributed by atoms with van der Waals surface area (Å²) in [5.41, 5.74) is 9.62. The molecule has 0 spiro atoms. The lowest BCUT2D eigenvalue weighted by Crippen LogP contribution is -2.03. The fraction of sp³-hybridized carbons (Fsp3) is 0.438. The van der Waals surface area contributed by atoms with Gasteiger partial charge in [-0.05, 0) is 95.9 Å². The number of phenolic OH excluding ortho intramolecular Hbond substituents is 2. The van der Waals surface area contributed by atoms with Crippen LogP contribution in [0.25, 0.3) is 0 Å². The van der Waals surface area contributed by atoms with Gasteiger partial charge < -0.3 is 10.2 Å². The minimum atomic E-state index is 0.340. The van der Waals surface area contributed by atoms with E-state index in [1.165, 1.54) is 22.3 Å². The summed E-state index contributed by atoms with van der Waals surface area (Å²) in [7, 11) is 0. The SMILES string of the molecule is CCc1cc(CCCc2cccc(C(CC)c3cc(CC)c(O)c(CC)c3)c2)cc(CC)c1O. The lowest BCUT2D eigenvalue weighted by molar-refractivity contribution is 0.461. The molecule has 0 bridgehead atoms. The molecule has 182 valence electrons. The van der Waals surface area contributed by atoms with Crippen LogP contribution in [0, 0.1) is 0 Å². The summed E-state index contributed by atoms with van der Waals surface area (Å²) < 4.78 is 0. The smallest absolute Gasteiger partial charge is 0.121 e. The highest BCUT2D eigenvalue weighted by Gasteiger charge is 2.17. The first-order valence-electron chi connectivity index (χ1n) is 13.2. The molecule has 0 fully saturated rings. The highest BCUT2D eigenvalue weighted by atomic mass is 16.3. The number of aromatic hydroxyl groups is 2. The average molecular weight is 459 g/mol. The Kier molecular flexibility index (Phi) is 9.21. The van der Waals surface area contributed by atoms with E-state index in [2.05, 4.69) is 83.1 Å². The minimum Gasteiger partial charge on any atom is -0.507 e. The molecule has 34 heavy (non-hydrogen) atoms. The van der Waals surface area contributed by atoms with E-state index in [1.54, 1.807) is 0 Å². The molecule has 0 aliphatic heterocycles. The van der Waals surface area contributed by atoms with Gasteiger partial charge in [0.2, 0.25) is 0 Å². The van der Waals surface area contributed by atoms with Crippen LogP contribution in [0.15, 0.2) is 48.5 Å². The predicted octanol–water partition coefficient (Wildman–Crippen LogP) is 8.06. The molecule has 1 atom stereocenters. The Hall–Kier alpha value is -2.74. The summed E-state index contributed by atoms with van der Waals surface area (Å²) in [6.45, 7) is 10.7. The molecule has 0 aliphatic rings. The van der Waals surface area contributed by atoms with Gasteiger partial charge in [-0.3, -0.25) is 0 Å². The van der Waals surface area contributed by atoms with Crippen LogP contribution >= 0.6 is 0 Å². The van der Waals surface area contributed by atoms with Crippen molar-refractivity contribution in [2.45, 2.75) is 91.9 Å². The first-order valence-corrected chi connectivity index (χ1v) is 13.2. The second kappa shape index (κ2) is 12.1. The fourth-order valence-electron chi connectivity index (χ4n) is 5.17. The maximum Gasteiger partial charge on any atom is 0.121 e. The Morgan fingerprint density at radius 1 is 0.588 bits per heavy atom. The van der Waals surface area contributed by atoms with Gasteiger partial charge >= 0.3 is 0 Å². The van der Waals surface area contributed by atoms with Crippen molar-refractivity contribution in [1.29, 1.82) is 0 Å². The van der Waals surface area contributed by atoms with E-state index in [9.17, 15) is 10.2 Å². The standard InChI is InChI=1S/C32H42O2/c1-6-24-18-23(19-25(7-2)31(24)33)15-11-13-22-14-12-16-28(17-22)30(10-5)29-20-26(8-3)32(34)27(9-4)21-29/h12,14,16-21,30,33-34H,6-11,13,15H2,1-5H3. The van der Waals surface area contributed by atoms with E-state index in [-0.39, 0.29) is 0 Å². The molecule has 2 heteroatoms. The van der Waals surface area contributed by atoms with E-state index in [1.807, 2.05) is 0 Å². The first kappa shape index (κ1) is 25.9. The molecule has 3 rings (SSSR count). The molecular weight excluding hydrogens is 416 g/mol. The number of phenols is 2. The van der Waals surface area contributed by atoms with Crippen molar-refractivity contribution < 1.29 is 10.2 Å². The van der Waals surface area contributed by atoms with Gasteiger partial charge in [-0.15, -0.1) is 0 Å². The van der Waals surface area contributed by atoms with Crippen molar-refractivity contribution in [3.05, 3.63) is 93.0 Å². The van der Waals surface area contributed by atoms with Crippen LogP contribution in [0.5, 0.6) is 11.5 Å². The minimum absolute atomic E-state index is 0.340. The summed E-state index contributed by atoms with van der Waals surface area (Å²) in [4.78, 5) is 0. The molecule has 0 saturated heterocycles. The highest BCUT2D eigenvalue weighted by molar-refractivity contribution is 5.47. The van der Waals surface area contributed by atoms with E-state index in [4.69, 9.17) is 0 Å². The molecule has 1 unspecified atom stereocenters. The lowest BCUT2D eigenvalue weighted by atomic mass is 9.85. The Morgan fingerprint density at radius 2 is 1.09 bits per heavy atom. The quantitative estimate of drug-likeness (QED) is 0.305. The summed E-state index contributed by atoms with van der Waals surface area (Å²) in [5.74, 6) is 1.30. The molecule has 0 heterocycles. The summed E-state index contributed by atoms with van der Waals surface area (Å²) in [6, 6.07) is 17.8. The largest absolute Gasteiger partial charge is 0.507 e. The van der Waals surface area contributed by atoms with Crippen LogP contribution in [0.3, 0.4) is 0 Å². The van der Waals surface area contributed by atoms with Gasteiger partial charge in [0.25, 0.3) is 0 Å². The molecule has 0 aliphatic carbocycles. The van der Waals surface area contributed by atoms with Crippen LogP contribution in [-0.4, -0.2) is 10.2 Å². The zero-order chi connectivity index (χ0) is 24.7. The van der Waals surface area contributed by atoms with Gasteiger partial charge in [0.05, 0.1) is 0 Å². The normalized spacial score (nSPS) is 12.1. The van der Waals surface area contributed by atoms with Gasteiger partial charge in [-0.1, -0.05) is 83.1 Å². The van der Waals surface area contributed by atoms with Crippen molar-refractivity contribution >= 4 is 0 Å². The number of hydrogen-bond donors (Lipinski definition) is 2. The van der Waals surface area contributed by atoms with Gasteiger partial charge in [0, 0.05) is 5.92 Å². The number of rotatable bonds is 11. The maximum atomic E-state index is 10.5. The zero-order valence-corrected chi connectivity index (χ0v) is 21.7. The van der Waals surface area contributed by atoms with Crippen LogP contribution in [0.4, 0.5) is 0 Å². The lowest BCUT2D eigenvalue weighted by Gasteiger charge is -2.20. The van der Waals surface area contributed by atoms with Gasteiger partial charge in [0.1, 0.15) is 11.5 Å². The number of benzene rings is 3. The van der Waals surface area contributed by atoms with Crippen molar-refractivity contribution in [2.75, 3.05) is 0 Å². The fourth-order valence-corrected chi connectivity index (χ4v) is 5.17. The predicted molar refractivity (Wildman–Crippen MR) is 144 cm³/mol. The second-order valence-corrected chi connectivity index (χ2v) is 9.42. The van der Waals surface area contributed by atoms with Crippen molar-refractivity contribution in [2.24, 2.45) is 0 Å².